The zero-order valence-electron chi connectivity index (χ0n) is 9.08. The summed E-state index contributed by atoms with van der Waals surface area (Å²) in [6.07, 6.45) is 2.66. The predicted molar refractivity (Wildman–Crippen MR) is 56.4 cm³/mol. The standard InChI is InChI=1S/C10H16N4O/c1-7(2)12-10(15)14-4-3-9-8(6-14)5-11-13-9/h5,7H,3-4,6H2,1-2H3,(H,11,13)(H,12,15). The maximum atomic E-state index is 11.7. The average molecular weight is 208 g/mol. The summed E-state index contributed by atoms with van der Waals surface area (Å²) in [4.78, 5) is 13.5. The third-order valence-corrected chi connectivity index (χ3v) is 2.50. The van der Waals surface area contributed by atoms with Crippen molar-refractivity contribution in [3.05, 3.63) is 17.5 Å². The van der Waals surface area contributed by atoms with Crippen molar-refractivity contribution < 1.29 is 4.79 Å². The van der Waals surface area contributed by atoms with Gasteiger partial charge in [0.2, 0.25) is 0 Å². The molecule has 5 heteroatoms. The van der Waals surface area contributed by atoms with Crippen LogP contribution in [0.2, 0.25) is 0 Å². The van der Waals surface area contributed by atoms with Crippen LogP contribution in [0.4, 0.5) is 4.79 Å². The molecule has 82 valence electrons. The van der Waals surface area contributed by atoms with E-state index in [9.17, 15) is 4.79 Å². The summed E-state index contributed by atoms with van der Waals surface area (Å²) >= 11 is 0. The highest BCUT2D eigenvalue weighted by Crippen LogP contribution is 2.15. The van der Waals surface area contributed by atoms with Crippen molar-refractivity contribution in [3.63, 3.8) is 0 Å². The number of hydrogen-bond acceptors (Lipinski definition) is 2. The third kappa shape index (κ3) is 2.11. The van der Waals surface area contributed by atoms with Crippen molar-refractivity contribution in [2.75, 3.05) is 6.54 Å². The number of aromatic amines is 1. The first-order valence-electron chi connectivity index (χ1n) is 5.23. The van der Waals surface area contributed by atoms with Crippen LogP contribution in [0.15, 0.2) is 6.20 Å². The van der Waals surface area contributed by atoms with Gasteiger partial charge in [0.15, 0.2) is 0 Å². The summed E-state index contributed by atoms with van der Waals surface area (Å²) in [5.74, 6) is 0. The lowest BCUT2D eigenvalue weighted by Gasteiger charge is -2.27. The van der Waals surface area contributed by atoms with Gasteiger partial charge in [-0.3, -0.25) is 5.10 Å². The third-order valence-electron chi connectivity index (χ3n) is 2.50. The Morgan fingerprint density at radius 3 is 3.20 bits per heavy atom. The fraction of sp³-hybridized carbons (Fsp3) is 0.600. The van der Waals surface area contributed by atoms with E-state index >= 15 is 0 Å². The maximum Gasteiger partial charge on any atom is 0.317 e. The normalized spacial score (nSPS) is 15.3. The fourth-order valence-corrected chi connectivity index (χ4v) is 1.73. The number of amides is 2. The SMILES string of the molecule is CC(C)NC(=O)N1CCc2[nH]ncc2C1. The topological polar surface area (TPSA) is 61.0 Å². The molecule has 1 aliphatic rings. The molecular formula is C10H16N4O. The highest BCUT2D eigenvalue weighted by atomic mass is 16.2. The molecule has 15 heavy (non-hydrogen) atoms. The number of fused-ring (bicyclic) bond motifs is 1. The molecule has 2 rings (SSSR count). The number of aromatic nitrogens is 2. The number of carbonyl (C=O) groups excluding carboxylic acids is 1. The van der Waals surface area contributed by atoms with Gasteiger partial charge >= 0.3 is 6.03 Å². The molecular weight excluding hydrogens is 192 g/mol. The molecule has 2 N–H and O–H groups in total. The van der Waals surface area contributed by atoms with Crippen LogP contribution in [0.1, 0.15) is 25.1 Å². The van der Waals surface area contributed by atoms with Gasteiger partial charge in [-0.15, -0.1) is 0 Å². The Morgan fingerprint density at radius 2 is 2.47 bits per heavy atom. The Labute approximate surface area is 88.8 Å². The van der Waals surface area contributed by atoms with Gasteiger partial charge in [-0.2, -0.15) is 5.10 Å². The molecule has 2 heterocycles. The van der Waals surface area contributed by atoms with Crippen molar-refractivity contribution >= 4 is 6.03 Å². The van der Waals surface area contributed by atoms with E-state index in [-0.39, 0.29) is 12.1 Å². The van der Waals surface area contributed by atoms with Crippen LogP contribution in [0, 0.1) is 0 Å². The molecule has 0 saturated heterocycles. The molecule has 2 amide bonds. The smallest absolute Gasteiger partial charge is 0.317 e. The molecule has 1 aromatic heterocycles. The van der Waals surface area contributed by atoms with Gasteiger partial charge in [0.25, 0.3) is 0 Å². The number of hydrogen-bond donors (Lipinski definition) is 2. The lowest BCUT2D eigenvalue weighted by molar-refractivity contribution is 0.189. The Hall–Kier alpha value is -1.52. The molecule has 1 aliphatic heterocycles. The molecule has 5 nitrogen and oxygen atoms in total. The number of H-pyrrole nitrogens is 1. The van der Waals surface area contributed by atoms with Gasteiger partial charge in [0.05, 0.1) is 12.7 Å². The fourth-order valence-electron chi connectivity index (χ4n) is 1.73. The van der Waals surface area contributed by atoms with Crippen molar-refractivity contribution in [1.82, 2.24) is 20.4 Å². The van der Waals surface area contributed by atoms with Crippen molar-refractivity contribution in [1.29, 1.82) is 0 Å². The quantitative estimate of drug-likeness (QED) is 0.720. The summed E-state index contributed by atoms with van der Waals surface area (Å²) in [6.45, 7) is 5.34. The number of nitrogens with zero attached hydrogens (tertiary/aromatic N) is 2. The zero-order valence-corrected chi connectivity index (χ0v) is 9.08. The first-order chi connectivity index (χ1) is 7.16. The van der Waals surface area contributed by atoms with Gasteiger partial charge in [-0.1, -0.05) is 0 Å². The van der Waals surface area contributed by atoms with Gasteiger partial charge in [0.1, 0.15) is 0 Å². The van der Waals surface area contributed by atoms with Gasteiger partial charge < -0.3 is 10.2 Å². The van der Waals surface area contributed by atoms with Crippen LogP contribution in [0.25, 0.3) is 0 Å². The highest BCUT2D eigenvalue weighted by Gasteiger charge is 2.21. The van der Waals surface area contributed by atoms with Crippen LogP contribution in [-0.4, -0.2) is 33.7 Å². The van der Waals surface area contributed by atoms with Crippen molar-refractivity contribution in [2.24, 2.45) is 0 Å². The van der Waals surface area contributed by atoms with Gasteiger partial charge in [-0.25, -0.2) is 4.79 Å². The van der Waals surface area contributed by atoms with E-state index in [0.717, 1.165) is 24.2 Å². The van der Waals surface area contributed by atoms with E-state index in [1.54, 1.807) is 6.20 Å². The molecule has 0 aliphatic carbocycles. The Kier molecular flexibility index (Phi) is 2.62. The van der Waals surface area contributed by atoms with Crippen LogP contribution in [0.5, 0.6) is 0 Å². The van der Waals surface area contributed by atoms with Crippen LogP contribution in [0.3, 0.4) is 0 Å². The van der Waals surface area contributed by atoms with E-state index < -0.39 is 0 Å². The molecule has 0 spiro atoms. The summed E-state index contributed by atoms with van der Waals surface area (Å²) < 4.78 is 0. The molecule has 0 unspecified atom stereocenters. The molecule has 0 bridgehead atoms. The Bertz CT molecular complexity index is 358. The lowest BCUT2D eigenvalue weighted by Crippen LogP contribution is -2.44. The Balaban J connectivity index is 2.00. The second kappa shape index (κ2) is 3.92. The molecule has 0 saturated carbocycles. The van der Waals surface area contributed by atoms with Crippen molar-refractivity contribution in [3.8, 4) is 0 Å². The highest BCUT2D eigenvalue weighted by molar-refractivity contribution is 5.74. The zero-order chi connectivity index (χ0) is 10.8. The largest absolute Gasteiger partial charge is 0.336 e. The molecule has 0 aromatic carbocycles. The predicted octanol–water partition coefficient (Wildman–Crippen LogP) is 0.886. The summed E-state index contributed by atoms with van der Waals surface area (Å²) in [5, 5.41) is 9.82. The molecule has 1 aromatic rings. The Morgan fingerprint density at radius 1 is 1.67 bits per heavy atom. The van der Waals surface area contributed by atoms with Crippen LogP contribution < -0.4 is 5.32 Å². The minimum Gasteiger partial charge on any atom is -0.336 e. The number of nitrogens with one attached hydrogen (secondary N) is 2. The number of rotatable bonds is 1. The monoisotopic (exact) mass is 208 g/mol. The van der Waals surface area contributed by atoms with Crippen molar-refractivity contribution in [2.45, 2.75) is 32.9 Å². The van der Waals surface area contributed by atoms with Gasteiger partial charge in [-0.05, 0) is 13.8 Å². The summed E-state index contributed by atoms with van der Waals surface area (Å²) in [6, 6.07) is 0.195. The minimum absolute atomic E-state index is 0.0110. The number of carbonyl (C=O) groups is 1. The summed E-state index contributed by atoms with van der Waals surface area (Å²) in [7, 11) is 0. The second-order valence-corrected chi connectivity index (χ2v) is 4.15. The first kappa shape index (κ1) is 10.0. The van der Waals surface area contributed by atoms with Gasteiger partial charge in [0, 0.05) is 30.3 Å². The van der Waals surface area contributed by atoms with Crippen LogP contribution >= 0.6 is 0 Å². The van der Waals surface area contributed by atoms with E-state index in [0.29, 0.717) is 6.54 Å². The molecule has 0 atom stereocenters. The lowest BCUT2D eigenvalue weighted by atomic mass is 10.1. The first-order valence-corrected chi connectivity index (χ1v) is 5.23. The van der Waals surface area contributed by atoms with E-state index in [1.165, 1.54) is 0 Å². The number of urea groups is 1. The van der Waals surface area contributed by atoms with E-state index in [1.807, 2.05) is 18.7 Å². The molecule has 0 fully saturated rings. The minimum atomic E-state index is 0.0110. The van der Waals surface area contributed by atoms with E-state index in [2.05, 4.69) is 15.5 Å². The second-order valence-electron chi connectivity index (χ2n) is 4.15. The average Bonchev–Trinajstić information content (AvgIpc) is 2.62. The van der Waals surface area contributed by atoms with E-state index in [4.69, 9.17) is 0 Å². The van der Waals surface area contributed by atoms with Crippen LogP contribution in [-0.2, 0) is 13.0 Å². The molecule has 0 radical (unpaired) electrons. The maximum absolute atomic E-state index is 11.7. The summed E-state index contributed by atoms with van der Waals surface area (Å²) in [5.41, 5.74) is 2.28.